The third-order valence-corrected chi connectivity index (χ3v) is 2.61. The summed E-state index contributed by atoms with van der Waals surface area (Å²) in [5, 5.41) is 35.4. The molecule has 0 bridgehead atoms. The van der Waals surface area contributed by atoms with Crippen molar-refractivity contribution in [3.8, 4) is 0 Å². The van der Waals surface area contributed by atoms with Crippen molar-refractivity contribution < 1.29 is 20.4 Å². The molecule has 104 valence electrons. The molecule has 0 heterocycles. The van der Waals surface area contributed by atoms with Crippen LogP contribution in [0.15, 0.2) is 0 Å². The number of hydrogen-bond acceptors (Lipinski definition) is 6. The molecule has 0 fully saturated rings. The van der Waals surface area contributed by atoms with Gasteiger partial charge in [0.15, 0.2) is 0 Å². The van der Waals surface area contributed by atoms with Gasteiger partial charge in [0.25, 0.3) is 0 Å². The van der Waals surface area contributed by atoms with Gasteiger partial charge in [0.2, 0.25) is 0 Å². The predicted molar refractivity (Wildman–Crippen MR) is 65.8 cm³/mol. The van der Waals surface area contributed by atoms with Gasteiger partial charge in [-0.2, -0.15) is 0 Å². The minimum Gasteiger partial charge on any atom is -0.395 e. The van der Waals surface area contributed by atoms with Gasteiger partial charge >= 0.3 is 0 Å². The van der Waals surface area contributed by atoms with E-state index in [9.17, 15) is 0 Å². The first kappa shape index (κ1) is 16.8. The molecule has 17 heavy (non-hydrogen) atoms. The zero-order valence-electron chi connectivity index (χ0n) is 10.5. The minimum absolute atomic E-state index is 0.0942. The standard InChI is InChI=1S/C11H26N2O4/c14-8-4-12(5-9-15)2-1-3-13(6-10-16)7-11-17/h14-17H,1-11H2. The van der Waals surface area contributed by atoms with Gasteiger partial charge in [0.1, 0.15) is 0 Å². The Hall–Kier alpha value is -0.240. The maximum atomic E-state index is 8.84. The molecule has 0 saturated carbocycles. The zero-order chi connectivity index (χ0) is 12.9. The molecule has 0 radical (unpaired) electrons. The number of rotatable bonds is 12. The summed E-state index contributed by atoms with van der Waals surface area (Å²) in [6.45, 7) is 4.26. The third-order valence-electron chi connectivity index (χ3n) is 2.61. The molecule has 0 saturated heterocycles. The van der Waals surface area contributed by atoms with Crippen molar-refractivity contribution in [2.45, 2.75) is 6.42 Å². The van der Waals surface area contributed by atoms with Gasteiger partial charge in [-0.3, -0.25) is 9.80 Å². The lowest BCUT2D eigenvalue weighted by atomic mass is 10.3. The first-order chi connectivity index (χ1) is 8.28. The van der Waals surface area contributed by atoms with E-state index >= 15 is 0 Å². The molecule has 6 heteroatoms. The molecule has 0 amide bonds. The number of aliphatic hydroxyl groups is 4. The molecular weight excluding hydrogens is 224 g/mol. The van der Waals surface area contributed by atoms with Crippen LogP contribution in [0.5, 0.6) is 0 Å². The Bertz CT molecular complexity index is 132. The highest BCUT2D eigenvalue weighted by atomic mass is 16.3. The van der Waals surface area contributed by atoms with E-state index in [0.29, 0.717) is 26.2 Å². The maximum absolute atomic E-state index is 8.84. The van der Waals surface area contributed by atoms with Gasteiger partial charge in [-0.1, -0.05) is 0 Å². The van der Waals surface area contributed by atoms with Gasteiger partial charge in [-0.25, -0.2) is 0 Å². The summed E-state index contributed by atoms with van der Waals surface area (Å²) in [6.07, 6.45) is 0.889. The fourth-order valence-corrected chi connectivity index (χ4v) is 1.75. The molecule has 0 aromatic carbocycles. The Balaban J connectivity index is 3.73. The van der Waals surface area contributed by atoms with E-state index in [1.807, 2.05) is 9.80 Å². The second-order valence-corrected chi connectivity index (χ2v) is 3.93. The second kappa shape index (κ2) is 12.2. The van der Waals surface area contributed by atoms with Crippen molar-refractivity contribution in [1.29, 1.82) is 0 Å². The molecule has 4 N–H and O–H groups in total. The van der Waals surface area contributed by atoms with Crippen LogP contribution in [0.4, 0.5) is 0 Å². The number of nitrogens with zero attached hydrogens (tertiary/aromatic N) is 2. The van der Waals surface area contributed by atoms with Crippen molar-refractivity contribution in [3.05, 3.63) is 0 Å². The lowest BCUT2D eigenvalue weighted by Gasteiger charge is -2.24. The van der Waals surface area contributed by atoms with Crippen LogP contribution in [-0.4, -0.2) is 95.9 Å². The maximum Gasteiger partial charge on any atom is 0.0558 e. The van der Waals surface area contributed by atoms with E-state index in [1.54, 1.807) is 0 Å². The lowest BCUT2D eigenvalue weighted by molar-refractivity contribution is 0.137. The van der Waals surface area contributed by atoms with Gasteiger partial charge in [0.05, 0.1) is 26.4 Å². The Labute approximate surface area is 103 Å². The largest absolute Gasteiger partial charge is 0.395 e. The highest BCUT2D eigenvalue weighted by molar-refractivity contribution is 4.61. The molecule has 0 spiro atoms. The van der Waals surface area contributed by atoms with E-state index in [0.717, 1.165) is 19.5 Å². The third kappa shape index (κ3) is 9.46. The quantitative estimate of drug-likeness (QED) is 0.319. The van der Waals surface area contributed by atoms with Crippen LogP contribution in [0.25, 0.3) is 0 Å². The molecule has 0 aromatic rings. The van der Waals surface area contributed by atoms with Crippen molar-refractivity contribution >= 4 is 0 Å². The summed E-state index contributed by atoms with van der Waals surface area (Å²) in [5.41, 5.74) is 0. The molecule has 0 atom stereocenters. The van der Waals surface area contributed by atoms with Crippen LogP contribution in [0.2, 0.25) is 0 Å². The summed E-state index contributed by atoms with van der Waals surface area (Å²) in [5.74, 6) is 0. The Kier molecular flexibility index (Phi) is 12.1. The summed E-state index contributed by atoms with van der Waals surface area (Å²) in [6, 6.07) is 0. The van der Waals surface area contributed by atoms with Crippen molar-refractivity contribution in [1.82, 2.24) is 9.80 Å². The minimum atomic E-state index is 0.0942. The van der Waals surface area contributed by atoms with Gasteiger partial charge in [-0.05, 0) is 19.5 Å². The molecule has 0 aliphatic heterocycles. The molecule has 6 nitrogen and oxygen atoms in total. The average molecular weight is 250 g/mol. The zero-order valence-corrected chi connectivity index (χ0v) is 10.5. The van der Waals surface area contributed by atoms with E-state index in [1.165, 1.54) is 0 Å². The predicted octanol–water partition coefficient (Wildman–Crippen LogP) is -2.05. The molecule has 0 rings (SSSR count). The van der Waals surface area contributed by atoms with E-state index in [4.69, 9.17) is 20.4 Å². The summed E-state index contributed by atoms with van der Waals surface area (Å²) in [4.78, 5) is 3.99. The number of hydrogen-bond donors (Lipinski definition) is 4. The molecule has 0 aliphatic carbocycles. The Morgan fingerprint density at radius 3 is 1.00 bits per heavy atom. The fraction of sp³-hybridized carbons (Fsp3) is 1.00. The van der Waals surface area contributed by atoms with Gasteiger partial charge in [-0.15, -0.1) is 0 Å². The van der Waals surface area contributed by atoms with Crippen LogP contribution in [-0.2, 0) is 0 Å². The van der Waals surface area contributed by atoms with Crippen molar-refractivity contribution in [3.63, 3.8) is 0 Å². The van der Waals surface area contributed by atoms with Crippen LogP contribution >= 0.6 is 0 Å². The van der Waals surface area contributed by atoms with Gasteiger partial charge in [0, 0.05) is 26.2 Å². The Morgan fingerprint density at radius 2 is 0.765 bits per heavy atom. The van der Waals surface area contributed by atoms with Crippen molar-refractivity contribution in [2.75, 3.05) is 65.7 Å². The highest BCUT2D eigenvalue weighted by Crippen LogP contribution is 1.95. The fourth-order valence-electron chi connectivity index (χ4n) is 1.75. The first-order valence-corrected chi connectivity index (χ1v) is 6.16. The van der Waals surface area contributed by atoms with E-state index in [2.05, 4.69) is 0 Å². The van der Waals surface area contributed by atoms with Crippen LogP contribution in [0, 0.1) is 0 Å². The first-order valence-electron chi connectivity index (χ1n) is 6.16. The SMILES string of the molecule is OCCN(CCO)CCCN(CCO)CCO. The van der Waals surface area contributed by atoms with E-state index in [-0.39, 0.29) is 26.4 Å². The van der Waals surface area contributed by atoms with Crippen LogP contribution in [0.1, 0.15) is 6.42 Å². The molecule has 0 aliphatic rings. The molecule has 0 aromatic heterocycles. The monoisotopic (exact) mass is 250 g/mol. The second-order valence-electron chi connectivity index (χ2n) is 3.93. The number of aliphatic hydroxyl groups excluding tert-OH is 4. The smallest absolute Gasteiger partial charge is 0.0558 e. The molecular formula is C11H26N2O4. The summed E-state index contributed by atoms with van der Waals surface area (Å²) >= 11 is 0. The van der Waals surface area contributed by atoms with Crippen LogP contribution in [0.3, 0.4) is 0 Å². The normalized spacial score (nSPS) is 11.6. The molecule has 0 unspecified atom stereocenters. The summed E-state index contributed by atoms with van der Waals surface area (Å²) < 4.78 is 0. The summed E-state index contributed by atoms with van der Waals surface area (Å²) in [7, 11) is 0. The van der Waals surface area contributed by atoms with Gasteiger partial charge < -0.3 is 20.4 Å². The topological polar surface area (TPSA) is 87.4 Å². The van der Waals surface area contributed by atoms with E-state index < -0.39 is 0 Å². The average Bonchev–Trinajstić information content (AvgIpc) is 2.30. The van der Waals surface area contributed by atoms with Crippen LogP contribution < -0.4 is 0 Å². The lowest BCUT2D eigenvalue weighted by Crippen LogP contribution is -2.35. The Morgan fingerprint density at radius 1 is 0.471 bits per heavy atom. The highest BCUT2D eigenvalue weighted by Gasteiger charge is 2.06. The van der Waals surface area contributed by atoms with Crippen molar-refractivity contribution in [2.24, 2.45) is 0 Å².